The molecular formula is C48H62F3N5O4S2. The third kappa shape index (κ3) is 10.9. The van der Waals surface area contributed by atoms with Crippen LogP contribution in [0.5, 0.6) is 0 Å². The smallest absolute Gasteiger partial charge is 0.381 e. The molecule has 2 heterocycles. The van der Waals surface area contributed by atoms with Crippen LogP contribution in [0.15, 0.2) is 93.7 Å². The lowest BCUT2D eigenvalue weighted by Crippen LogP contribution is -2.47. The number of ether oxygens (including phenoxy) is 1. The zero-order valence-corrected chi connectivity index (χ0v) is 37.9. The number of thioether (sulfide) groups is 1. The molecule has 4 aliphatic carbocycles. The van der Waals surface area contributed by atoms with Gasteiger partial charge in [0.05, 0.1) is 23.7 Å². The molecule has 336 valence electrons. The van der Waals surface area contributed by atoms with Gasteiger partial charge in [-0.25, -0.2) is 13.1 Å². The highest BCUT2D eigenvalue weighted by Gasteiger charge is 2.54. The van der Waals surface area contributed by atoms with Gasteiger partial charge in [0.25, 0.3) is 15.9 Å². The van der Waals surface area contributed by atoms with Gasteiger partial charge in [0.2, 0.25) is 0 Å². The van der Waals surface area contributed by atoms with Crippen LogP contribution in [-0.4, -0.2) is 101 Å². The van der Waals surface area contributed by atoms with Crippen LogP contribution < -0.4 is 14.9 Å². The molecule has 62 heavy (non-hydrogen) atoms. The van der Waals surface area contributed by atoms with Crippen LogP contribution in [0.25, 0.3) is 0 Å². The van der Waals surface area contributed by atoms with E-state index in [0.717, 1.165) is 80.4 Å². The van der Waals surface area contributed by atoms with Crippen molar-refractivity contribution in [3.63, 3.8) is 0 Å². The largest absolute Gasteiger partial charge is 0.418 e. The van der Waals surface area contributed by atoms with E-state index in [9.17, 15) is 26.4 Å². The van der Waals surface area contributed by atoms with Crippen molar-refractivity contribution >= 4 is 39.1 Å². The summed E-state index contributed by atoms with van der Waals surface area (Å²) in [6, 6.07) is 18.9. The molecule has 0 aromatic heterocycles. The molecule has 6 aliphatic rings. The van der Waals surface area contributed by atoms with Gasteiger partial charge < -0.3 is 15.0 Å². The van der Waals surface area contributed by atoms with Gasteiger partial charge in [0.15, 0.2) is 0 Å². The molecule has 0 radical (unpaired) electrons. The maximum absolute atomic E-state index is 14.6. The topological polar surface area (TPSA) is 94.2 Å². The SMILES string of the molecule is CC1(C)CCC(C2CC3(C)CC2C3)=C(CN2CCN(c3ccc(C(=O)NS(=O)(=O)c4ccc(N[C@H](CCN5CCOCC5)CSc5ccccc5)c(C(F)(F)F)c4)cc3)CC2)C1. The third-order valence-corrected chi connectivity index (χ3v) is 16.5. The first-order valence-corrected chi connectivity index (χ1v) is 24.8. The third-order valence-electron chi connectivity index (χ3n) is 14.0. The number of benzene rings is 3. The molecule has 14 heteroatoms. The lowest BCUT2D eigenvalue weighted by atomic mass is 9.68. The second-order valence-electron chi connectivity index (χ2n) is 19.4. The van der Waals surface area contributed by atoms with Gasteiger partial charge in [-0.2, -0.15) is 13.2 Å². The van der Waals surface area contributed by atoms with Crippen LogP contribution in [0.3, 0.4) is 0 Å². The van der Waals surface area contributed by atoms with Crippen molar-refractivity contribution in [3.8, 4) is 0 Å². The molecule has 3 aromatic carbocycles. The Hall–Kier alpha value is -3.56. The van der Waals surface area contributed by atoms with Crippen molar-refractivity contribution in [1.82, 2.24) is 14.5 Å². The first kappa shape index (κ1) is 45.0. The predicted octanol–water partition coefficient (Wildman–Crippen LogP) is 9.18. The molecule has 2 N–H and O–H groups in total. The summed E-state index contributed by atoms with van der Waals surface area (Å²) in [6.07, 6.45) is 3.56. The lowest BCUT2D eigenvalue weighted by Gasteiger charge is -2.41. The van der Waals surface area contributed by atoms with Gasteiger partial charge >= 0.3 is 6.18 Å². The number of nitrogens with one attached hydrogen (secondary N) is 2. The average molecular weight is 894 g/mol. The van der Waals surface area contributed by atoms with Crippen LogP contribution in [0, 0.1) is 22.7 Å². The number of carbonyl (C=O) groups excluding carboxylic acids is 1. The molecule has 9 rings (SSSR count). The van der Waals surface area contributed by atoms with Gasteiger partial charge in [0, 0.05) is 86.0 Å². The number of morpholine rings is 1. The van der Waals surface area contributed by atoms with E-state index in [1.54, 1.807) is 35.0 Å². The number of hydrogen-bond donors (Lipinski definition) is 2. The molecule has 2 atom stereocenters. The van der Waals surface area contributed by atoms with Crippen molar-refractivity contribution in [2.45, 2.75) is 87.7 Å². The summed E-state index contributed by atoms with van der Waals surface area (Å²) >= 11 is 1.54. The summed E-state index contributed by atoms with van der Waals surface area (Å²) < 4.78 is 78.2. The average Bonchev–Trinajstić information content (AvgIpc) is 3.75. The Morgan fingerprint density at radius 3 is 2.27 bits per heavy atom. The second kappa shape index (κ2) is 18.5. The van der Waals surface area contributed by atoms with E-state index in [1.165, 1.54) is 38.5 Å². The number of fused-ring (bicyclic) bond motifs is 1. The van der Waals surface area contributed by atoms with E-state index in [0.29, 0.717) is 48.8 Å². The highest BCUT2D eigenvalue weighted by molar-refractivity contribution is 7.99. The Morgan fingerprint density at radius 2 is 1.61 bits per heavy atom. The Bertz CT molecular complexity index is 2180. The molecule has 3 saturated carbocycles. The molecular weight excluding hydrogens is 832 g/mol. The molecule has 1 unspecified atom stereocenters. The van der Waals surface area contributed by atoms with Crippen molar-refractivity contribution < 1.29 is 31.1 Å². The minimum absolute atomic E-state index is 0.0994. The van der Waals surface area contributed by atoms with Crippen molar-refractivity contribution in [3.05, 3.63) is 95.1 Å². The summed E-state index contributed by atoms with van der Waals surface area (Å²) in [5, 5.41) is 3.09. The number of alkyl halides is 3. The number of carbonyl (C=O) groups is 1. The molecule has 2 saturated heterocycles. The summed E-state index contributed by atoms with van der Waals surface area (Å²) in [6.45, 7) is 15.3. The van der Waals surface area contributed by atoms with Crippen LogP contribution in [0.4, 0.5) is 24.5 Å². The molecule has 9 nitrogen and oxygen atoms in total. The fourth-order valence-electron chi connectivity index (χ4n) is 10.6. The first-order chi connectivity index (χ1) is 29.5. The fourth-order valence-corrected chi connectivity index (χ4v) is 12.6. The van der Waals surface area contributed by atoms with E-state index in [4.69, 9.17) is 4.74 Å². The number of allylic oxidation sites excluding steroid dienone is 1. The molecule has 2 bridgehead atoms. The quantitative estimate of drug-likeness (QED) is 0.115. The maximum atomic E-state index is 14.6. The maximum Gasteiger partial charge on any atom is 0.418 e. The summed E-state index contributed by atoms with van der Waals surface area (Å²) in [4.78, 5) is 20.7. The zero-order chi connectivity index (χ0) is 43.7. The van der Waals surface area contributed by atoms with E-state index >= 15 is 0 Å². The Morgan fingerprint density at radius 1 is 0.903 bits per heavy atom. The number of nitrogens with zero attached hydrogens (tertiary/aromatic N) is 3. The summed E-state index contributed by atoms with van der Waals surface area (Å²) in [5.41, 5.74) is 4.07. The highest BCUT2D eigenvalue weighted by Crippen LogP contribution is 2.64. The zero-order valence-electron chi connectivity index (χ0n) is 36.3. The molecule has 2 aliphatic heterocycles. The van der Waals surface area contributed by atoms with Gasteiger partial charge in [-0.3, -0.25) is 14.6 Å². The second-order valence-corrected chi connectivity index (χ2v) is 22.2. The normalized spacial score (nSPS) is 25.0. The van der Waals surface area contributed by atoms with E-state index in [2.05, 4.69) is 40.8 Å². The van der Waals surface area contributed by atoms with Crippen LogP contribution in [0.1, 0.15) is 81.6 Å². The van der Waals surface area contributed by atoms with Crippen LogP contribution in [-0.2, 0) is 20.9 Å². The number of amides is 1. The predicted molar refractivity (Wildman–Crippen MR) is 241 cm³/mol. The summed E-state index contributed by atoms with van der Waals surface area (Å²) in [7, 11) is -4.65. The summed E-state index contributed by atoms with van der Waals surface area (Å²) in [5.74, 6) is 1.25. The van der Waals surface area contributed by atoms with E-state index in [-0.39, 0.29) is 17.3 Å². The number of sulfonamides is 1. The molecule has 1 amide bonds. The number of halogens is 3. The number of rotatable bonds is 15. The number of piperazine rings is 1. The molecule has 0 spiro atoms. The van der Waals surface area contributed by atoms with E-state index < -0.39 is 32.6 Å². The first-order valence-electron chi connectivity index (χ1n) is 22.3. The molecule has 3 aromatic rings. The Balaban J connectivity index is 0.885. The van der Waals surface area contributed by atoms with Crippen molar-refractivity contribution in [2.24, 2.45) is 22.7 Å². The minimum Gasteiger partial charge on any atom is -0.381 e. The number of anilines is 2. The van der Waals surface area contributed by atoms with Gasteiger partial charge in [-0.05, 0) is 122 Å². The monoisotopic (exact) mass is 893 g/mol. The van der Waals surface area contributed by atoms with Crippen molar-refractivity contribution in [1.29, 1.82) is 0 Å². The van der Waals surface area contributed by atoms with Gasteiger partial charge in [-0.15, -0.1) is 11.8 Å². The number of hydrogen-bond acceptors (Lipinski definition) is 9. The van der Waals surface area contributed by atoms with Crippen molar-refractivity contribution in [2.75, 3.05) is 81.5 Å². The Kier molecular flexibility index (Phi) is 13.4. The van der Waals surface area contributed by atoms with Gasteiger partial charge in [-0.1, -0.05) is 50.1 Å². The minimum atomic E-state index is -4.86. The fraction of sp³-hybridized carbons (Fsp3) is 0.562. The lowest BCUT2D eigenvalue weighted by molar-refractivity contribution is -0.137. The van der Waals surface area contributed by atoms with Crippen LogP contribution in [0.2, 0.25) is 0 Å². The van der Waals surface area contributed by atoms with Crippen LogP contribution >= 0.6 is 11.8 Å². The van der Waals surface area contributed by atoms with Gasteiger partial charge in [0.1, 0.15) is 0 Å². The molecule has 5 fully saturated rings. The Labute approximate surface area is 370 Å². The highest BCUT2D eigenvalue weighted by atomic mass is 32.2. The standard InChI is InChI=1S/C48H62F3N5O4S2/c1-46(2)17-15-41(42-31-47(3)29-35(42)30-47)36(28-46)32-55-19-21-56(22-20-55)38-11-9-34(10-12-38)45(57)53-62(58,59)40-13-14-44(43(27-40)48(49,50)51)52-37(16-18-54-23-25-60-26-24-54)33-61-39-7-5-4-6-8-39/h4-14,27,35,37,42,52H,15-26,28-33H2,1-3H3,(H,53,57)/t35?,37-,42?,47?/m1/s1. The van der Waals surface area contributed by atoms with E-state index in [1.807, 2.05) is 47.2 Å².